The van der Waals surface area contributed by atoms with Gasteiger partial charge >= 0.3 is 0 Å². The third-order valence-electron chi connectivity index (χ3n) is 2.21. The highest BCUT2D eigenvalue weighted by molar-refractivity contribution is 7.99. The lowest BCUT2D eigenvalue weighted by Gasteiger charge is -2.08. The highest BCUT2D eigenvalue weighted by Crippen LogP contribution is 2.36. The Bertz CT molecular complexity index is 563. The first-order valence-electron chi connectivity index (χ1n) is 5.12. The molecule has 0 amide bonds. The van der Waals surface area contributed by atoms with Crippen LogP contribution < -0.4 is 0 Å². The van der Waals surface area contributed by atoms with E-state index >= 15 is 0 Å². The Balaban J connectivity index is 2.22. The molecule has 2 nitrogen and oxygen atoms in total. The van der Waals surface area contributed by atoms with Crippen molar-refractivity contribution in [1.82, 2.24) is 9.97 Å². The van der Waals surface area contributed by atoms with Crippen LogP contribution in [0.5, 0.6) is 0 Å². The van der Waals surface area contributed by atoms with Gasteiger partial charge in [-0.3, -0.25) is 0 Å². The second-order valence-corrected chi connectivity index (χ2v) is 4.57. The number of aromatic nitrogens is 2. The highest BCUT2D eigenvalue weighted by atomic mass is 32.2. The number of hydrogen-bond acceptors (Lipinski definition) is 3. The van der Waals surface area contributed by atoms with Gasteiger partial charge in [-0.15, -0.1) is 0 Å². The van der Waals surface area contributed by atoms with Crippen molar-refractivity contribution in [3.63, 3.8) is 0 Å². The lowest BCUT2D eigenvalue weighted by Crippen LogP contribution is -1.97. The molecule has 94 valence electrons. The Labute approximate surface area is 106 Å². The average Bonchev–Trinajstić information content (AvgIpc) is 2.32. The molecule has 0 saturated carbocycles. The van der Waals surface area contributed by atoms with Crippen LogP contribution in [-0.2, 0) is 0 Å². The van der Waals surface area contributed by atoms with Gasteiger partial charge in [0.2, 0.25) is 0 Å². The fourth-order valence-corrected chi connectivity index (χ4v) is 2.15. The van der Waals surface area contributed by atoms with Crippen LogP contribution in [0.2, 0.25) is 0 Å². The van der Waals surface area contributed by atoms with Crippen LogP contribution in [0, 0.1) is 18.6 Å². The van der Waals surface area contributed by atoms with Gasteiger partial charge in [-0.1, -0.05) is 12.1 Å². The predicted octanol–water partition coefficient (Wildman–Crippen LogP) is 3.82. The number of halogens is 3. The molecule has 18 heavy (non-hydrogen) atoms. The normalized spacial score (nSPS) is 12.4. The molecule has 0 aliphatic heterocycles. The van der Waals surface area contributed by atoms with Crippen molar-refractivity contribution in [2.75, 3.05) is 0 Å². The lowest BCUT2D eigenvalue weighted by molar-refractivity contribution is 0.430. The summed E-state index contributed by atoms with van der Waals surface area (Å²) in [6, 6.07) is 5.07. The molecule has 1 heterocycles. The molecule has 0 aliphatic rings. The van der Waals surface area contributed by atoms with Crippen LogP contribution in [-0.4, -0.2) is 9.97 Å². The van der Waals surface area contributed by atoms with Gasteiger partial charge in [-0.05, 0) is 30.8 Å². The maximum Gasteiger partial charge on any atom is 0.190 e. The minimum atomic E-state index is -1.75. The second kappa shape index (κ2) is 5.39. The predicted molar refractivity (Wildman–Crippen MR) is 62.8 cm³/mol. The molecular weight excluding hydrogens is 261 g/mol. The van der Waals surface area contributed by atoms with Crippen LogP contribution in [0.3, 0.4) is 0 Å². The topological polar surface area (TPSA) is 25.8 Å². The molecular formula is C12H9F3N2S. The van der Waals surface area contributed by atoms with Gasteiger partial charge in [0, 0.05) is 17.5 Å². The van der Waals surface area contributed by atoms with Crippen molar-refractivity contribution in [2.24, 2.45) is 0 Å². The third-order valence-corrected chi connectivity index (χ3v) is 3.08. The van der Waals surface area contributed by atoms with E-state index in [2.05, 4.69) is 9.97 Å². The van der Waals surface area contributed by atoms with Crippen molar-refractivity contribution in [3.05, 3.63) is 53.4 Å². The molecule has 0 aliphatic carbocycles. The molecule has 1 atom stereocenters. The maximum atomic E-state index is 13.9. The smallest absolute Gasteiger partial charge is 0.190 e. The zero-order valence-corrected chi connectivity index (χ0v) is 10.2. The summed E-state index contributed by atoms with van der Waals surface area (Å²) in [5.41, 5.74) is -1.41. The number of hydrogen-bond donors (Lipinski definition) is 0. The van der Waals surface area contributed by atoms with Gasteiger partial charge in [0.1, 0.15) is 0 Å². The molecule has 0 spiro atoms. The molecule has 1 aromatic carbocycles. The minimum Gasteiger partial charge on any atom is -0.231 e. The quantitative estimate of drug-likeness (QED) is 0.626. The Morgan fingerprint density at radius 3 is 2.72 bits per heavy atom. The first-order chi connectivity index (χ1) is 8.58. The largest absolute Gasteiger partial charge is 0.231 e. The molecule has 2 aromatic rings. The molecule has 0 radical (unpaired) electrons. The molecule has 0 saturated heterocycles. The number of aryl methyl sites for hydroxylation is 1. The van der Waals surface area contributed by atoms with Crippen LogP contribution in [0.15, 0.2) is 35.6 Å². The van der Waals surface area contributed by atoms with Crippen molar-refractivity contribution in [3.8, 4) is 0 Å². The molecule has 0 bridgehead atoms. The Morgan fingerprint density at radius 2 is 2.00 bits per heavy atom. The van der Waals surface area contributed by atoms with E-state index in [9.17, 15) is 13.2 Å². The number of thioether (sulfide) groups is 1. The first-order valence-corrected chi connectivity index (χ1v) is 6.00. The zero-order valence-electron chi connectivity index (χ0n) is 9.40. The van der Waals surface area contributed by atoms with E-state index in [1.54, 1.807) is 13.0 Å². The van der Waals surface area contributed by atoms with E-state index in [-0.39, 0.29) is 10.7 Å². The van der Waals surface area contributed by atoms with E-state index in [4.69, 9.17) is 0 Å². The van der Waals surface area contributed by atoms with Gasteiger partial charge in [0.05, 0.1) is 0 Å². The zero-order chi connectivity index (χ0) is 13.1. The first kappa shape index (κ1) is 12.9. The van der Waals surface area contributed by atoms with Crippen LogP contribution in [0.4, 0.5) is 13.2 Å². The summed E-state index contributed by atoms with van der Waals surface area (Å²) in [4.78, 5) is 7.84. The maximum absolute atomic E-state index is 13.9. The standard InChI is InChI=1S/C12H9F3N2S/c1-7-5-6-16-12(17-7)18-11(15)8-3-2-4-9(13)10(8)14/h2-6,11H,1H3. The van der Waals surface area contributed by atoms with E-state index in [0.717, 1.165) is 6.07 Å². The van der Waals surface area contributed by atoms with Gasteiger partial charge in [-0.2, -0.15) is 0 Å². The van der Waals surface area contributed by atoms with Gasteiger partial charge in [0.15, 0.2) is 22.3 Å². The molecule has 6 heteroatoms. The Hall–Kier alpha value is -1.56. The third kappa shape index (κ3) is 2.81. The van der Waals surface area contributed by atoms with Crippen LogP contribution >= 0.6 is 11.8 Å². The van der Waals surface area contributed by atoms with Crippen molar-refractivity contribution in [2.45, 2.75) is 17.6 Å². The average molecular weight is 270 g/mol. The lowest BCUT2D eigenvalue weighted by atomic mass is 10.2. The minimum absolute atomic E-state index is 0.186. The van der Waals surface area contributed by atoms with E-state index in [0.29, 0.717) is 17.5 Å². The molecule has 1 aromatic heterocycles. The van der Waals surface area contributed by atoms with E-state index in [1.165, 1.54) is 18.3 Å². The molecule has 2 rings (SSSR count). The highest BCUT2D eigenvalue weighted by Gasteiger charge is 2.19. The number of nitrogens with zero attached hydrogens (tertiary/aromatic N) is 2. The second-order valence-electron chi connectivity index (χ2n) is 3.56. The van der Waals surface area contributed by atoms with Gasteiger partial charge in [0.25, 0.3) is 0 Å². The molecule has 0 N–H and O–H groups in total. The van der Waals surface area contributed by atoms with Crippen molar-refractivity contribution < 1.29 is 13.2 Å². The molecule has 1 unspecified atom stereocenters. The Morgan fingerprint density at radius 1 is 1.22 bits per heavy atom. The van der Waals surface area contributed by atoms with E-state index < -0.39 is 17.1 Å². The molecule has 0 fully saturated rings. The summed E-state index contributed by atoms with van der Waals surface area (Å²) in [6.07, 6.45) is 1.49. The monoisotopic (exact) mass is 270 g/mol. The number of rotatable bonds is 3. The van der Waals surface area contributed by atoms with E-state index in [1.807, 2.05) is 0 Å². The van der Waals surface area contributed by atoms with Gasteiger partial charge in [-0.25, -0.2) is 23.1 Å². The fourth-order valence-electron chi connectivity index (χ4n) is 1.33. The summed E-state index contributed by atoms with van der Waals surface area (Å²) < 4.78 is 40.2. The fraction of sp³-hybridized carbons (Fsp3) is 0.167. The van der Waals surface area contributed by atoms with Crippen molar-refractivity contribution >= 4 is 11.8 Å². The van der Waals surface area contributed by atoms with Crippen LogP contribution in [0.25, 0.3) is 0 Å². The summed E-state index contributed by atoms with van der Waals surface area (Å²) in [7, 11) is 0. The Kier molecular flexibility index (Phi) is 3.86. The number of benzene rings is 1. The van der Waals surface area contributed by atoms with Crippen LogP contribution in [0.1, 0.15) is 16.8 Å². The summed E-state index contributed by atoms with van der Waals surface area (Å²) in [5, 5.41) is 0.186. The number of alkyl halides is 1. The summed E-state index contributed by atoms with van der Waals surface area (Å²) in [5.74, 6) is -2.24. The summed E-state index contributed by atoms with van der Waals surface area (Å²) in [6.45, 7) is 1.74. The SMILES string of the molecule is Cc1ccnc(SC(F)c2cccc(F)c2F)n1. The summed E-state index contributed by atoms with van der Waals surface area (Å²) >= 11 is 0.638. The van der Waals surface area contributed by atoms with Gasteiger partial charge < -0.3 is 0 Å². The van der Waals surface area contributed by atoms with Crippen molar-refractivity contribution in [1.29, 1.82) is 0 Å².